The van der Waals surface area contributed by atoms with E-state index in [0.29, 0.717) is 5.56 Å². The number of nitrogens with one attached hydrogen (secondary N) is 1. The number of alkyl halides is 3. The van der Waals surface area contributed by atoms with Gasteiger partial charge in [-0.15, -0.1) is 0 Å². The van der Waals surface area contributed by atoms with Crippen molar-refractivity contribution in [3.8, 4) is 0 Å². The van der Waals surface area contributed by atoms with Gasteiger partial charge in [-0.25, -0.2) is 13.6 Å². The molecule has 0 bridgehead atoms. The molecule has 0 aliphatic rings. The fraction of sp³-hybridized carbons (Fsp3) is 0.0714. The largest absolute Gasteiger partial charge is 0.416 e. The summed E-state index contributed by atoms with van der Waals surface area (Å²) in [6.45, 7) is 0. The molecule has 8 nitrogen and oxygen atoms in total. The van der Waals surface area contributed by atoms with Crippen molar-refractivity contribution in [2.24, 2.45) is 10.2 Å². The number of primary sulfonamides is 1. The minimum absolute atomic E-state index is 0.120. The highest BCUT2D eigenvalue weighted by molar-refractivity contribution is 7.89. The average molecular weight is 388 g/mol. The molecule has 2 aromatic carbocycles. The molecule has 0 aliphatic heterocycles. The number of anilines is 1. The topological polar surface area (TPSA) is 128 Å². The van der Waals surface area contributed by atoms with Gasteiger partial charge in [0.2, 0.25) is 10.0 Å². The van der Waals surface area contributed by atoms with Gasteiger partial charge in [0.15, 0.2) is 0 Å². The smallest absolute Gasteiger partial charge is 0.272 e. The molecule has 0 heterocycles. The van der Waals surface area contributed by atoms with E-state index in [1.807, 2.05) is 0 Å². The maximum absolute atomic E-state index is 12.5. The lowest BCUT2D eigenvalue weighted by Crippen LogP contribution is -2.12. The highest BCUT2D eigenvalue weighted by atomic mass is 32.2. The lowest BCUT2D eigenvalue weighted by Gasteiger charge is -2.06. The number of hydrazone groups is 1. The predicted molar refractivity (Wildman–Crippen MR) is 87.1 cm³/mol. The number of hydrogen-bond donors (Lipinski definition) is 2. The van der Waals surface area contributed by atoms with Crippen molar-refractivity contribution in [3.05, 3.63) is 63.7 Å². The van der Waals surface area contributed by atoms with Gasteiger partial charge in [-0.2, -0.15) is 18.3 Å². The summed E-state index contributed by atoms with van der Waals surface area (Å²) in [5, 5.41) is 19.6. The van der Waals surface area contributed by atoms with E-state index in [-0.39, 0.29) is 5.69 Å². The zero-order valence-electron chi connectivity index (χ0n) is 12.8. The van der Waals surface area contributed by atoms with Gasteiger partial charge in [-0.05, 0) is 29.8 Å². The minimum Gasteiger partial charge on any atom is -0.272 e. The summed E-state index contributed by atoms with van der Waals surface area (Å²) in [6.07, 6.45) is -3.31. The van der Waals surface area contributed by atoms with E-state index in [9.17, 15) is 31.7 Å². The summed E-state index contributed by atoms with van der Waals surface area (Å²) < 4.78 is 59.9. The lowest BCUT2D eigenvalue weighted by atomic mass is 10.1. The van der Waals surface area contributed by atoms with Crippen LogP contribution in [0.1, 0.15) is 11.1 Å². The van der Waals surface area contributed by atoms with E-state index >= 15 is 0 Å². The van der Waals surface area contributed by atoms with Crippen LogP contribution in [-0.4, -0.2) is 19.6 Å². The summed E-state index contributed by atoms with van der Waals surface area (Å²) >= 11 is 0. The van der Waals surface area contributed by atoms with Gasteiger partial charge in [-0.3, -0.25) is 15.5 Å². The molecule has 0 unspecified atom stereocenters. The second-order valence-corrected chi connectivity index (χ2v) is 6.53. The molecule has 0 aliphatic carbocycles. The van der Waals surface area contributed by atoms with Crippen molar-refractivity contribution in [3.63, 3.8) is 0 Å². The van der Waals surface area contributed by atoms with Crippen molar-refractivity contribution in [2.75, 3.05) is 5.43 Å². The van der Waals surface area contributed by atoms with Crippen molar-refractivity contribution in [1.29, 1.82) is 0 Å². The second kappa shape index (κ2) is 7.09. The Morgan fingerprint density at radius 2 is 1.77 bits per heavy atom. The van der Waals surface area contributed by atoms with Gasteiger partial charge < -0.3 is 0 Å². The number of halogens is 3. The first kappa shape index (κ1) is 19.3. The molecule has 2 aromatic rings. The Hall–Kier alpha value is -2.99. The third-order valence-electron chi connectivity index (χ3n) is 3.13. The van der Waals surface area contributed by atoms with Crippen LogP contribution in [0.5, 0.6) is 0 Å². The minimum atomic E-state index is -4.46. The molecule has 0 amide bonds. The van der Waals surface area contributed by atoms with Crippen LogP contribution < -0.4 is 10.6 Å². The fourth-order valence-electron chi connectivity index (χ4n) is 1.87. The normalized spacial score (nSPS) is 12.3. The van der Waals surface area contributed by atoms with Crippen LogP contribution in [0.15, 0.2) is 52.5 Å². The van der Waals surface area contributed by atoms with E-state index in [1.165, 1.54) is 12.1 Å². The third kappa shape index (κ3) is 4.77. The first-order chi connectivity index (χ1) is 12.0. The van der Waals surface area contributed by atoms with Crippen molar-refractivity contribution < 1.29 is 26.5 Å². The van der Waals surface area contributed by atoms with Crippen molar-refractivity contribution >= 4 is 27.6 Å². The second-order valence-electron chi connectivity index (χ2n) is 4.97. The van der Waals surface area contributed by atoms with Crippen LogP contribution in [-0.2, 0) is 16.2 Å². The van der Waals surface area contributed by atoms with Crippen molar-refractivity contribution in [2.45, 2.75) is 11.1 Å². The molecule has 0 aromatic heterocycles. The number of nitrogens with two attached hydrogens (primary N) is 1. The quantitative estimate of drug-likeness (QED) is 0.462. The van der Waals surface area contributed by atoms with Gasteiger partial charge in [0.1, 0.15) is 5.69 Å². The van der Waals surface area contributed by atoms with Gasteiger partial charge in [-0.1, -0.05) is 12.1 Å². The Morgan fingerprint density at radius 3 is 2.27 bits per heavy atom. The summed E-state index contributed by atoms with van der Waals surface area (Å²) in [5.41, 5.74) is 1.13. The predicted octanol–water partition coefficient (Wildman–Crippen LogP) is 2.71. The summed E-state index contributed by atoms with van der Waals surface area (Å²) in [4.78, 5) is 9.77. The maximum atomic E-state index is 12.5. The van der Waals surface area contributed by atoms with Gasteiger partial charge in [0, 0.05) is 6.07 Å². The first-order valence-electron chi connectivity index (χ1n) is 6.76. The Bertz CT molecular complexity index is 957. The molecule has 12 heteroatoms. The fourth-order valence-corrected chi connectivity index (χ4v) is 2.40. The van der Waals surface area contributed by atoms with Crippen LogP contribution >= 0.6 is 0 Å². The highest BCUT2D eigenvalue weighted by Crippen LogP contribution is 2.29. The number of nitrogens with zero attached hydrogens (tertiary/aromatic N) is 2. The Kier molecular flexibility index (Phi) is 5.28. The first-order valence-corrected chi connectivity index (χ1v) is 8.31. The lowest BCUT2D eigenvalue weighted by molar-refractivity contribution is -0.384. The number of rotatable bonds is 5. The Labute approximate surface area is 145 Å². The van der Waals surface area contributed by atoms with Crippen LogP contribution in [0.3, 0.4) is 0 Å². The van der Waals surface area contributed by atoms with E-state index in [0.717, 1.165) is 36.5 Å². The molecule has 2 rings (SSSR count). The van der Waals surface area contributed by atoms with E-state index < -0.39 is 37.3 Å². The van der Waals surface area contributed by atoms with E-state index in [1.54, 1.807) is 0 Å². The molecule has 138 valence electrons. The summed E-state index contributed by atoms with van der Waals surface area (Å²) in [5.74, 6) is 0. The molecule has 0 fully saturated rings. The van der Waals surface area contributed by atoms with Gasteiger partial charge in [0.05, 0.1) is 21.6 Å². The van der Waals surface area contributed by atoms with Gasteiger partial charge in [0.25, 0.3) is 5.69 Å². The Balaban J connectivity index is 2.21. The molecule has 0 radical (unpaired) electrons. The zero-order chi connectivity index (χ0) is 19.5. The molecule has 0 atom stereocenters. The molecular weight excluding hydrogens is 377 g/mol. The SMILES string of the molecule is NS(=O)(=O)c1ccc(N/N=C\c2ccc(C(F)(F)F)cc2)c([N+](=O)[O-])c1. The summed E-state index contributed by atoms with van der Waals surface area (Å²) in [7, 11) is -4.12. The van der Waals surface area contributed by atoms with E-state index in [4.69, 9.17) is 5.14 Å². The van der Waals surface area contributed by atoms with Crippen LogP contribution in [0.4, 0.5) is 24.5 Å². The van der Waals surface area contributed by atoms with Crippen molar-refractivity contribution in [1.82, 2.24) is 0 Å². The number of nitro benzene ring substituents is 1. The number of benzene rings is 2. The van der Waals surface area contributed by atoms with Crippen LogP contribution in [0.2, 0.25) is 0 Å². The number of hydrogen-bond acceptors (Lipinski definition) is 6. The standard InChI is InChI=1S/C14H11F3N4O4S/c15-14(16,17)10-3-1-9(2-4-10)8-19-20-12-6-5-11(26(18,24)25)7-13(12)21(22)23/h1-8,20H,(H2,18,24,25)/b19-8-. The number of sulfonamides is 1. The summed E-state index contributed by atoms with van der Waals surface area (Å²) in [6, 6.07) is 7.00. The highest BCUT2D eigenvalue weighted by Gasteiger charge is 2.29. The van der Waals surface area contributed by atoms with Crippen LogP contribution in [0.25, 0.3) is 0 Å². The molecule has 26 heavy (non-hydrogen) atoms. The van der Waals surface area contributed by atoms with Crippen LogP contribution in [0, 0.1) is 10.1 Å². The average Bonchev–Trinajstić information content (AvgIpc) is 2.53. The molecule has 3 N–H and O–H groups in total. The van der Waals surface area contributed by atoms with E-state index in [2.05, 4.69) is 10.5 Å². The Morgan fingerprint density at radius 1 is 1.15 bits per heavy atom. The third-order valence-corrected chi connectivity index (χ3v) is 4.04. The molecular formula is C14H11F3N4O4S. The monoisotopic (exact) mass is 388 g/mol. The molecule has 0 saturated heterocycles. The molecule has 0 spiro atoms. The molecule has 0 saturated carbocycles. The maximum Gasteiger partial charge on any atom is 0.416 e. The zero-order valence-corrected chi connectivity index (χ0v) is 13.6. The van der Waals surface area contributed by atoms with Gasteiger partial charge >= 0.3 is 6.18 Å². The number of nitro groups is 1.